The molecule has 0 bridgehead atoms. The first-order valence-electron chi connectivity index (χ1n) is 9.01. The maximum Gasteiger partial charge on any atom is 0.416 e. The molecule has 2 aliphatic rings. The van der Waals surface area contributed by atoms with E-state index < -0.39 is 58.6 Å². The molecule has 1 aliphatic carbocycles. The largest absolute Gasteiger partial charge is 0.416 e. The van der Waals surface area contributed by atoms with Crippen molar-refractivity contribution in [1.29, 1.82) is 0 Å². The molecule has 0 radical (unpaired) electrons. The van der Waals surface area contributed by atoms with Crippen LogP contribution in [0.5, 0.6) is 0 Å². The maximum atomic E-state index is 13.0. The van der Waals surface area contributed by atoms with Crippen molar-refractivity contribution in [2.24, 2.45) is 0 Å². The third-order valence-corrected chi connectivity index (χ3v) is 5.27. The Morgan fingerprint density at radius 1 is 1.03 bits per heavy atom. The molecule has 1 heterocycles. The number of hydrogen-bond acceptors (Lipinski definition) is 3. The highest BCUT2D eigenvalue weighted by Gasteiger charge is 2.54. The fraction of sp³-hybridized carbons (Fsp3) is 0.500. The van der Waals surface area contributed by atoms with Crippen molar-refractivity contribution in [3.8, 4) is 0 Å². The van der Waals surface area contributed by atoms with Crippen LogP contribution in [-0.2, 0) is 21.9 Å². The zero-order valence-corrected chi connectivity index (χ0v) is 15.6. The van der Waals surface area contributed by atoms with Crippen molar-refractivity contribution in [2.45, 2.75) is 56.5 Å². The van der Waals surface area contributed by atoms with E-state index in [0.29, 0.717) is 42.7 Å². The van der Waals surface area contributed by atoms with Gasteiger partial charge in [-0.2, -0.15) is 26.3 Å². The summed E-state index contributed by atoms with van der Waals surface area (Å²) in [6.07, 6.45) is -7.97. The number of nitrogens with zero attached hydrogens (tertiary/aromatic N) is 1. The SMILES string of the molecule is CC(C(=O)Nc1cc(C(F)(F)F)cc(C(F)(F)F)c1)N1C(=O)NC2(CCCC2)C1=O. The van der Waals surface area contributed by atoms with Gasteiger partial charge >= 0.3 is 18.4 Å². The second kappa shape index (κ2) is 7.17. The topological polar surface area (TPSA) is 78.5 Å². The number of rotatable bonds is 3. The van der Waals surface area contributed by atoms with E-state index in [9.17, 15) is 40.7 Å². The van der Waals surface area contributed by atoms with E-state index in [4.69, 9.17) is 0 Å². The van der Waals surface area contributed by atoms with Crippen molar-refractivity contribution in [2.75, 3.05) is 5.32 Å². The molecule has 1 atom stereocenters. The maximum absolute atomic E-state index is 13.0. The Labute approximate surface area is 166 Å². The molecular formula is C18H17F6N3O3. The highest BCUT2D eigenvalue weighted by atomic mass is 19.4. The van der Waals surface area contributed by atoms with Crippen molar-refractivity contribution in [1.82, 2.24) is 10.2 Å². The molecule has 12 heteroatoms. The number of nitrogens with one attached hydrogen (secondary N) is 2. The lowest BCUT2D eigenvalue weighted by Crippen LogP contribution is -2.48. The summed E-state index contributed by atoms with van der Waals surface area (Å²) in [5, 5.41) is 4.50. The number of carbonyl (C=O) groups is 3. The molecule has 1 aromatic carbocycles. The Balaban J connectivity index is 1.85. The highest BCUT2D eigenvalue weighted by Crippen LogP contribution is 2.38. The molecule has 0 aromatic heterocycles. The summed E-state index contributed by atoms with van der Waals surface area (Å²) in [6, 6.07) is -1.64. The van der Waals surface area contributed by atoms with Crippen LogP contribution in [0.1, 0.15) is 43.7 Å². The first-order valence-corrected chi connectivity index (χ1v) is 9.01. The van der Waals surface area contributed by atoms with Crippen LogP contribution in [0.3, 0.4) is 0 Å². The second-order valence-corrected chi connectivity index (χ2v) is 7.35. The van der Waals surface area contributed by atoms with Crippen LogP contribution in [0.15, 0.2) is 18.2 Å². The minimum absolute atomic E-state index is 0.0691. The van der Waals surface area contributed by atoms with E-state index in [2.05, 4.69) is 5.32 Å². The van der Waals surface area contributed by atoms with Gasteiger partial charge in [0.05, 0.1) is 11.1 Å². The Bertz CT molecular complexity index is 858. The number of hydrogen-bond donors (Lipinski definition) is 2. The third-order valence-electron chi connectivity index (χ3n) is 5.27. The number of benzene rings is 1. The van der Waals surface area contributed by atoms with Crippen molar-refractivity contribution in [3.05, 3.63) is 29.3 Å². The van der Waals surface area contributed by atoms with Gasteiger partial charge in [0.25, 0.3) is 5.91 Å². The molecule has 30 heavy (non-hydrogen) atoms. The fourth-order valence-electron chi connectivity index (χ4n) is 3.70. The lowest BCUT2D eigenvalue weighted by Gasteiger charge is -2.24. The van der Waals surface area contributed by atoms with Gasteiger partial charge in [-0.05, 0) is 38.0 Å². The Hall–Kier alpha value is -2.79. The van der Waals surface area contributed by atoms with Crippen LogP contribution in [0.2, 0.25) is 0 Å². The monoisotopic (exact) mass is 437 g/mol. The Kier molecular flexibility index (Phi) is 5.23. The zero-order valence-electron chi connectivity index (χ0n) is 15.6. The van der Waals surface area contributed by atoms with Gasteiger partial charge in [-0.15, -0.1) is 0 Å². The standard InChI is InChI=1S/C18H17F6N3O3/c1-9(27-14(29)16(26-15(27)30)4-2-3-5-16)13(28)25-12-7-10(17(19,20)21)6-11(8-12)18(22,23)24/h6-9H,2-5H2,1H3,(H,25,28)(H,26,30). The molecule has 1 unspecified atom stereocenters. The Morgan fingerprint density at radius 2 is 1.53 bits per heavy atom. The average Bonchev–Trinajstić information content (AvgIpc) is 3.18. The summed E-state index contributed by atoms with van der Waals surface area (Å²) in [5.74, 6) is -1.73. The van der Waals surface area contributed by atoms with Crippen molar-refractivity contribution >= 4 is 23.5 Å². The molecule has 2 fully saturated rings. The predicted octanol–water partition coefficient (Wildman–Crippen LogP) is 3.92. The summed E-state index contributed by atoms with van der Waals surface area (Å²) >= 11 is 0. The van der Waals surface area contributed by atoms with Gasteiger partial charge < -0.3 is 10.6 Å². The minimum atomic E-state index is -5.08. The fourth-order valence-corrected chi connectivity index (χ4v) is 3.70. The summed E-state index contributed by atoms with van der Waals surface area (Å²) in [7, 11) is 0. The number of urea groups is 1. The van der Waals surface area contributed by atoms with Crippen LogP contribution in [0.25, 0.3) is 0 Å². The molecule has 1 saturated heterocycles. The number of amides is 4. The van der Waals surface area contributed by atoms with E-state index in [1.807, 2.05) is 5.32 Å². The molecule has 1 spiro atoms. The second-order valence-electron chi connectivity index (χ2n) is 7.35. The van der Waals surface area contributed by atoms with Gasteiger partial charge in [0, 0.05) is 5.69 Å². The van der Waals surface area contributed by atoms with Gasteiger partial charge in [0.2, 0.25) is 5.91 Å². The van der Waals surface area contributed by atoms with Crippen molar-refractivity contribution in [3.63, 3.8) is 0 Å². The lowest BCUT2D eigenvalue weighted by atomic mass is 9.97. The molecule has 164 valence electrons. The van der Waals surface area contributed by atoms with Crippen molar-refractivity contribution < 1.29 is 40.7 Å². The molecule has 6 nitrogen and oxygen atoms in total. The number of anilines is 1. The van der Waals surface area contributed by atoms with E-state index in [-0.39, 0.29) is 6.07 Å². The van der Waals surface area contributed by atoms with Gasteiger partial charge in [0.1, 0.15) is 11.6 Å². The summed E-state index contributed by atoms with van der Waals surface area (Å²) < 4.78 is 77.8. The van der Waals surface area contributed by atoms with Gasteiger partial charge in [-0.25, -0.2) is 9.69 Å². The van der Waals surface area contributed by atoms with Gasteiger partial charge in [-0.3, -0.25) is 9.59 Å². The molecule has 1 saturated carbocycles. The van der Waals surface area contributed by atoms with Crippen LogP contribution in [0.4, 0.5) is 36.8 Å². The first kappa shape index (κ1) is 21.9. The van der Waals surface area contributed by atoms with Crippen LogP contribution in [0, 0.1) is 0 Å². The predicted molar refractivity (Wildman–Crippen MR) is 91.1 cm³/mol. The van der Waals surface area contributed by atoms with Crippen LogP contribution in [-0.4, -0.2) is 34.3 Å². The highest BCUT2D eigenvalue weighted by molar-refractivity contribution is 6.11. The summed E-state index contributed by atoms with van der Waals surface area (Å²) in [5.41, 5.74) is -5.05. The molecule has 1 aliphatic heterocycles. The molecule has 4 amide bonds. The van der Waals surface area contributed by atoms with Gasteiger partial charge in [0.15, 0.2) is 0 Å². The molecule has 2 N–H and O–H groups in total. The molecular weight excluding hydrogens is 420 g/mol. The van der Waals surface area contributed by atoms with Crippen LogP contribution >= 0.6 is 0 Å². The molecule has 3 rings (SSSR count). The molecule has 1 aromatic rings. The number of imide groups is 1. The van der Waals surface area contributed by atoms with Gasteiger partial charge in [-0.1, -0.05) is 12.8 Å². The number of halogens is 6. The van der Waals surface area contributed by atoms with Crippen LogP contribution < -0.4 is 10.6 Å². The lowest BCUT2D eigenvalue weighted by molar-refractivity contribution is -0.143. The first-order chi connectivity index (χ1) is 13.7. The average molecular weight is 437 g/mol. The third kappa shape index (κ3) is 3.94. The summed E-state index contributed by atoms with van der Waals surface area (Å²) in [4.78, 5) is 38.0. The number of carbonyl (C=O) groups excluding carboxylic acids is 3. The number of alkyl halides is 6. The van der Waals surface area contributed by atoms with E-state index in [1.54, 1.807) is 0 Å². The van der Waals surface area contributed by atoms with E-state index >= 15 is 0 Å². The van der Waals surface area contributed by atoms with E-state index in [0.717, 1.165) is 0 Å². The smallest absolute Gasteiger partial charge is 0.324 e. The summed E-state index contributed by atoms with van der Waals surface area (Å²) in [6.45, 7) is 1.17. The Morgan fingerprint density at radius 3 is 2.00 bits per heavy atom. The zero-order chi connectivity index (χ0) is 22.5. The minimum Gasteiger partial charge on any atom is -0.324 e. The quantitative estimate of drug-likeness (QED) is 0.556. The van der Waals surface area contributed by atoms with E-state index in [1.165, 1.54) is 6.92 Å². The normalized spacial score (nSPS) is 19.9.